The van der Waals surface area contributed by atoms with Gasteiger partial charge >= 0.3 is 5.97 Å². The van der Waals surface area contributed by atoms with Gasteiger partial charge in [0.05, 0.1) is 13.7 Å². The lowest BCUT2D eigenvalue weighted by Crippen LogP contribution is -2.43. The molecule has 0 aliphatic heterocycles. The van der Waals surface area contributed by atoms with Gasteiger partial charge in [-0.05, 0) is 26.8 Å². The number of hydrogen-bond donors (Lipinski definition) is 2. The number of guanidine groups is 1. The molecule has 1 rings (SSSR count). The van der Waals surface area contributed by atoms with E-state index in [1.54, 1.807) is 20.1 Å². The van der Waals surface area contributed by atoms with Gasteiger partial charge in [0.15, 0.2) is 5.96 Å². The number of hydrogen-bond acceptors (Lipinski definition) is 5. The van der Waals surface area contributed by atoms with E-state index in [2.05, 4.69) is 15.6 Å². The Labute approximate surface area is 131 Å². The minimum absolute atomic E-state index is 0.131. The van der Waals surface area contributed by atoms with Gasteiger partial charge in [-0.2, -0.15) is 0 Å². The van der Waals surface area contributed by atoms with Crippen LogP contribution in [0.4, 0.5) is 0 Å². The summed E-state index contributed by atoms with van der Waals surface area (Å²) in [6.07, 6.45) is 0. The highest BCUT2D eigenvalue weighted by Gasteiger charge is 2.15. The number of ether oxygens (including phenoxy) is 2. The fraction of sp³-hybridized carbons (Fsp3) is 0.600. The van der Waals surface area contributed by atoms with E-state index >= 15 is 0 Å². The van der Waals surface area contributed by atoms with Gasteiger partial charge in [-0.1, -0.05) is 0 Å². The number of carbonyl (C=O) groups excluding carboxylic acids is 1. The number of aryl methyl sites for hydroxylation is 1. The average molecular weight is 311 g/mol. The molecule has 0 spiro atoms. The van der Waals surface area contributed by atoms with Crippen LogP contribution in [0.2, 0.25) is 0 Å². The second-order valence-corrected chi connectivity index (χ2v) is 4.87. The van der Waals surface area contributed by atoms with Crippen molar-refractivity contribution in [3.63, 3.8) is 0 Å². The molecule has 22 heavy (non-hydrogen) atoms. The van der Waals surface area contributed by atoms with Crippen molar-refractivity contribution in [1.29, 1.82) is 0 Å². The first-order valence-corrected chi connectivity index (χ1v) is 7.23. The molecule has 0 aromatic carbocycles. The molecule has 0 aliphatic rings. The molecule has 124 valence electrons. The van der Waals surface area contributed by atoms with Gasteiger partial charge in [0.2, 0.25) is 0 Å². The minimum atomic E-state index is -0.407. The Bertz CT molecular complexity index is 511. The first kappa shape index (κ1) is 18.0. The first-order valence-electron chi connectivity index (χ1n) is 7.23. The molecule has 0 amide bonds. The number of nitrogens with one attached hydrogen (secondary N) is 2. The average Bonchev–Trinajstić information content (AvgIpc) is 2.85. The molecule has 2 N–H and O–H groups in total. The Kier molecular flexibility index (Phi) is 7.45. The van der Waals surface area contributed by atoms with E-state index in [9.17, 15) is 4.79 Å². The van der Waals surface area contributed by atoms with Gasteiger partial charge in [-0.25, -0.2) is 9.79 Å². The molecule has 7 nitrogen and oxygen atoms in total. The lowest BCUT2D eigenvalue weighted by molar-refractivity contribution is 0.0599. The van der Waals surface area contributed by atoms with Crippen molar-refractivity contribution in [1.82, 2.24) is 10.6 Å². The van der Waals surface area contributed by atoms with Crippen LogP contribution < -0.4 is 10.6 Å². The van der Waals surface area contributed by atoms with Gasteiger partial charge in [-0.3, -0.25) is 0 Å². The van der Waals surface area contributed by atoms with Gasteiger partial charge in [0.25, 0.3) is 0 Å². The highest BCUT2D eigenvalue weighted by Crippen LogP contribution is 2.16. The van der Waals surface area contributed by atoms with Gasteiger partial charge < -0.3 is 24.5 Å². The zero-order valence-corrected chi connectivity index (χ0v) is 13.9. The summed E-state index contributed by atoms with van der Waals surface area (Å²) in [6, 6.07) is 1.79. The van der Waals surface area contributed by atoms with Crippen molar-refractivity contribution in [3.05, 3.63) is 23.2 Å². The van der Waals surface area contributed by atoms with Crippen LogP contribution in [0, 0.1) is 6.92 Å². The van der Waals surface area contributed by atoms with Crippen molar-refractivity contribution in [2.75, 3.05) is 27.4 Å². The molecule has 1 atom stereocenters. The Morgan fingerprint density at radius 1 is 1.45 bits per heavy atom. The van der Waals surface area contributed by atoms with Crippen molar-refractivity contribution >= 4 is 11.9 Å². The lowest BCUT2D eigenvalue weighted by Gasteiger charge is -2.16. The van der Waals surface area contributed by atoms with E-state index in [4.69, 9.17) is 13.9 Å². The van der Waals surface area contributed by atoms with Crippen LogP contribution >= 0.6 is 0 Å². The molecule has 7 heteroatoms. The number of nitrogens with zero attached hydrogens (tertiary/aromatic N) is 1. The van der Waals surface area contributed by atoms with Crippen LogP contribution in [0.15, 0.2) is 15.5 Å². The van der Waals surface area contributed by atoms with E-state index in [0.717, 1.165) is 6.54 Å². The molecule has 0 bridgehead atoms. The zero-order valence-electron chi connectivity index (χ0n) is 13.9. The molecule has 0 aliphatic carbocycles. The largest absolute Gasteiger partial charge is 0.465 e. The molecule has 1 aromatic rings. The summed E-state index contributed by atoms with van der Waals surface area (Å²) in [5, 5.41) is 6.37. The number of rotatable bonds is 7. The maximum Gasteiger partial charge on any atom is 0.341 e. The summed E-state index contributed by atoms with van der Waals surface area (Å²) in [4.78, 5) is 16.0. The number of carbonyl (C=O) groups is 1. The Hall–Kier alpha value is -2.02. The topological polar surface area (TPSA) is 85.1 Å². The maximum atomic E-state index is 11.5. The van der Waals surface area contributed by atoms with Gasteiger partial charge in [-0.15, -0.1) is 0 Å². The van der Waals surface area contributed by atoms with Crippen LogP contribution in [-0.4, -0.2) is 45.3 Å². The molecular weight excluding hydrogens is 286 g/mol. The Balaban J connectivity index is 2.75. The molecule has 1 heterocycles. The predicted octanol–water partition coefficient (Wildman–Crippen LogP) is 1.46. The van der Waals surface area contributed by atoms with E-state index in [0.29, 0.717) is 36.2 Å². The predicted molar refractivity (Wildman–Crippen MR) is 84.1 cm³/mol. The van der Waals surface area contributed by atoms with Crippen molar-refractivity contribution in [2.45, 2.75) is 33.4 Å². The van der Waals surface area contributed by atoms with Crippen molar-refractivity contribution < 1.29 is 18.7 Å². The van der Waals surface area contributed by atoms with Crippen LogP contribution in [0.1, 0.15) is 35.7 Å². The molecule has 0 radical (unpaired) electrons. The molecule has 0 fully saturated rings. The molecule has 1 unspecified atom stereocenters. The summed E-state index contributed by atoms with van der Waals surface area (Å²) >= 11 is 0. The third-order valence-electron chi connectivity index (χ3n) is 2.91. The van der Waals surface area contributed by atoms with Gasteiger partial charge in [0.1, 0.15) is 23.6 Å². The SMILES string of the molecule is CCNC(=NCc1cc(C(=O)OC)c(C)o1)NC(C)COC. The van der Waals surface area contributed by atoms with E-state index in [1.165, 1.54) is 7.11 Å². The third-order valence-corrected chi connectivity index (χ3v) is 2.91. The quantitative estimate of drug-likeness (QED) is 0.450. The summed E-state index contributed by atoms with van der Waals surface area (Å²) in [5.41, 5.74) is 0.429. The van der Waals surface area contributed by atoms with E-state index in [-0.39, 0.29) is 6.04 Å². The van der Waals surface area contributed by atoms with Crippen LogP contribution in [0.25, 0.3) is 0 Å². The highest BCUT2D eigenvalue weighted by atomic mass is 16.5. The molecule has 1 aromatic heterocycles. The van der Waals surface area contributed by atoms with Gasteiger partial charge in [0, 0.05) is 19.7 Å². The van der Waals surface area contributed by atoms with Crippen LogP contribution in [0.5, 0.6) is 0 Å². The minimum Gasteiger partial charge on any atom is -0.465 e. The summed E-state index contributed by atoms with van der Waals surface area (Å²) in [5.74, 6) is 1.40. The standard InChI is InChI=1S/C15H25N3O4/c1-6-16-15(18-10(2)9-20-4)17-8-12-7-13(11(3)22-12)14(19)21-5/h7,10H,6,8-9H2,1-5H3,(H2,16,17,18). The zero-order chi connectivity index (χ0) is 16.5. The fourth-order valence-corrected chi connectivity index (χ4v) is 1.94. The van der Waals surface area contributed by atoms with E-state index in [1.807, 2.05) is 13.8 Å². The molecular formula is C15H25N3O4. The van der Waals surface area contributed by atoms with Crippen molar-refractivity contribution in [3.8, 4) is 0 Å². The smallest absolute Gasteiger partial charge is 0.341 e. The van der Waals surface area contributed by atoms with Crippen molar-refractivity contribution in [2.24, 2.45) is 4.99 Å². The highest BCUT2D eigenvalue weighted by molar-refractivity contribution is 5.90. The lowest BCUT2D eigenvalue weighted by atomic mass is 10.2. The number of methoxy groups -OCH3 is 2. The number of aliphatic imine (C=N–C) groups is 1. The van der Waals surface area contributed by atoms with Crippen LogP contribution in [-0.2, 0) is 16.0 Å². The Morgan fingerprint density at radius 3 is 2.77 bits per heavy atom. The summed E-state index contributed by atoms with van der Waals surface area (Å²) in [7, 11) is 3.00. The molecule has 0 saturated heterocycles. The van der Waals surface area contributed by atoms with Crippen LogP contribution in [0.3, 0.4) is 0 Å². The first-order chi connectivity index (χ1) is 10.5. The maximum absolute atomic E-state index is 11.5. The molecule has 0 saturated carbocycles. The normalized spacial score (nSPS) is 12.9. The second-order valence-electron chi connectivity index (χ2n) is 4.87. The third kappa shape index (κ3) is 5.40. The summed E-state index contributed by atoms with van der Waals surface area (Å²) in [6.45, 7) is 7.37. The monoisotopic (exact) mass is 311 g/mol. The second kappa shape index (κ2) is 9.09. The van der Waals surface area contributed by atoms with E-state index < -0.39 is 5.97 Å². The fourth-order valence-electron chi connectivity index (χ4n) is 1.94. The number of furan rings is 1. The Morgan fingerprint density at radius 2 is 2.18 bits per heavy atom. The number of esters is 1. The summed E-state index contributed by atoms with van der Waals surface area (Å²) < 4.78 is 15.3.